The van der Waals surface area contributed by atoms with Gasteiger partial charge in [0.25, 0.3) is 0 Å². The molecule has 4 aliphatic rings. The molecular formula is C13H21N. The average molecular weight is 191 g/mol. The zero-order valence-corrected chi connectivity index (χ0v) is 9.69. The smallest absolute Gasteiger partial charge is 0.0229 e. The van der Waals surface area contributed by atoms with E-state index in [9.17, 15) is 0 Å². The number of rotatable bonds is 0. The number of hydrogen-bond donors (Lipinski definition) is 0. The zero-order valence-electron chi connectivity index (χ0n) is 9.69. The van der Waals surface area contributed by atoms with Crippen molar-refractivity contribution in [1.29, 1.82) is 0 Å². The van der Waals surface area contributed by atoms with Gasteiger partial charge in [0.05, 0.1) is 0 Å². The van der Waals surface area contributed by atoms with Gasteiger partial charge in [0, 0.05) is 24.2 Å². The largest absolute Gasteiger partial charge is 0.374 e. The summed E-state index contributed by atoms with van der Waals surface area (Å²) in [5, 5.41) is 0. The van der Waals surface area contributed by atoms with Gasteiger partial charge in [-0.25, -0.2) is 0 Å². The van der Waals surface area contributed by atoms with Gasteiger partial charge in [-0.2, -0.15) is 0 Å². The van der Waals surface area contributed by atoms with Gasteiger partial charge in [-0.3, -0.25) is 0 Å². The highest BCUT2D eigenvalue weighted by Crippen LogP contribution is 2.64. The van der Waals surface area contributed by atoms with Crippen LogP contribution in [0.25, 0.3) is 0 Å². The molecule has 1 nitrogen and oxygen atoms in total. The van der Waals surface area contributed by atoms with Crippen LogP contribution in [0.2, 0.25) is 0 Å². The summed E-state index contributed by atoms with van der Waals surface area (Å²) in [5.41, 5.74) is 2.98. The summed E-state index contributed by atoms with van der Waals surface area (Å²) in [6, 6.07) is 0. The topological polar surface area (TPSA) is 3.24 Å². The summed E-state index contributed by atoms with van der Waals surface area (Å²) < 4.78 is 0. The Bertz CT molecular complexity index is 299. The lowest BCUT2D eigenvalue weighted by Gasteiger charge is -2.67. The van der Waals surface area contributed by atoms with Crippen molar-refractivity contribution in [3.63, 3.8) is 0 Å². The minimum atomic E-state index is 0.415. The Labute approximate surface area is 87.2 Å². The number of hydrogen-bond acceptors (Lipinski definition) is 1. The van der Waals surface area contributed by atoms with E-state index in [2.05, 4.69) is 32.3 Å². The molecule has 1 heteroatoms. The van der Waals surface area contributed by atoms with Crippen molar-refractivity contribution in [1.82, 2.24) is 4.90 Å². The predicted molar refractivity (Wildman–Crippen MR) is 58.9 cm³/mol. The van der Waals surface area contributed by atoms with E-state index in [-0.39, 0.29) is 0 Å². The molecule has 0 aromatic carbocycles. The molecule has 0 spiro atoms. The van der Waals surface area contributed by atoms with Crippen molar-refractivity contribution >= 4 is 0 Å². The second kappa shape index (κ2) is 2.05. The lowest BCUT2D eigenvalue weighted by molar-refractivity contribution is -0.123. The minimum Gasteiger partial charge on any atom is -0.374 e. The molecule has 3 aliphatic heterocycles. The minimum absolute atomic E-state index is 0.415. The number of allylic oxidation sites excluding steroid dienone is 1. The van der Waals surface area contributed by atoms with Crippen LogP contribution in [0, 0.1) is 16.2 Å². The maximum absolute atomic E-state index is 4.31. The third-order valence-corrected chi connectivity index (χ3v) is 4.71. The van der Waals surface area contributed by atoms with Gasteiger partial charge in [0.1, 0.15) is 0 Å². The molecule has 2 unspecified atom stereocenters. The van der Waals surface area contributed by atoms with Gasteiger partial charge in [-0.15, -0.1) is 0 Å². The molecule has 0 N–H and O–H groups in total. The van der Waals surface area contributed by atoms with Gasteiger partial charge >= 0.3 is 0 Å². The molecule has 1 saturated carbocycles. The van der Waals surface area contributed by atoms with Crippen molar-refractivity contribution in [3.8, 4) is 0 Å². The Hall–Kier alpha value is -0.460. The Morgan fingerprint density at radius 1 is 1.00 bits per heavy atom. The van der Waals surface area contributed by atoms with Crippen LogP contribution < -0.4 is 0 Å². The molecule has 78 valence electrons. The first-order chi connectivity index (χ1) is 6.34. The van der Waals surface area contributed by atoms with Crippen molar-refractivity contribution in [2.75, 3.05) is 13.1 Å². The van der Waals surface area contributed by atoms with Crippen molar-refractivity contribution in [2.45, 2.75) is 40.0 Å². The number of nitrogens with zero attached hydrogens (tertiary/aromatic N) is 1. The maximum Gasteiger partial charge on any atom is 0.0229 e. The van der Waals surface area contributed by atoms with E-state index in [4.69, 9.17) is 0 Å². The van der Waals surface area contributed by atoms with Gasteiger partial charge in [-0.05, 0) is 30.1 Å². The Balaban J connectivity index is 2.10. The molecule has 3 heterocycles. The van der Waals surface area contributed by atoms with Crippen LogP contribution >= 0.6 is 0 Å². The quantitative estimate of drug-likeness (QED) is 0.569. The first kappa shape index (κ1) is 8.82. The normalized spacial score (nSPS) is 55.6. The maximum atomic E-state index is 4.31. The van der Waals surface area contributed by atoms with Gasteiger partial charge in [0.15, 0.2) is 0 Å². The summed E-state index contributed by atoms with van der Waals surface area (Å²) in [6.45, 7) is 14.2. The van der Waals surface area contributed by atoms with E-state index in [1.165, 1.54) is 38.0 Å². The predicted octanol–water partition coefficient (Wildman–Crippen LogP) is 3.03. The third kappa shape index (κ3) is 0.910. The van der Waals surface area contributed by atoms with E-state index >= 15 is 0 Å². The molecule has 4 rings (SSSR count). The molecule has 1 aliphatic carbocycles. The summed E-state index contributed by atoms with van der Waals surface area (Å²) in [7, 11) is 0. The van der Waals surface area contributed by atoms with Crippen molar-refractivity contribution in [3.05, 3.63) is 12.3 Å². The highest BCUT2D eigenvalue weighted by molar-refractivity contribution is 5.23. The molecule has 4 bridgehead atoms. The van der Waals surface area contributed by atoms with E-state index < -0.39 is 0 Å². The second-order valence-electron chi connectivity index (χ2n) is 7.02. The SMILES string of the molecule is C=C1N2CC3(C)CC(C)(C2)CC1(C)C3. The van der Waals surface area contributed by atoms with E-state index in [1.54, 1.807) is 0 Å². The van der Waals surface area contributed by atoms with Crippen molar-refractivity contribution < 1.29 is 0 Å². The Morgan fingerprint density at radius 2 is 1.50 bits per heavy atom. The summed E-state index contributed by atoms with van der Waals surface area (Å²) in [4.78, 5) is 2.57. The lowest BCUT2D eigenvalue weighted by Crippen LogP contribution is -2.63. The first-order valence-corrected chi connectivity index (χ1v) is 5.79. The van der Waals surface area contributed by atoms with Gasteiger partial charge in [-0.1, -0.05) is 27.4 Å². The van der Waals surface area contributed by atoms with Crippen LogP contribution in [0.4, 0.5) is 0 Å². The van der Waals surface area contributed by atoms with E-state index in [0.717, 1.165) is 0 Å². The standard InChI is InChI=1S/C13H21N/c1-10-13(4)6-11(2)5-12(3,7-13)9-14(10)8-11/h1,5-9H2,2-4H3. The molecule has 3 saturated heterocycles. The van der Waals surface area contributed by atoms with Gasteiger partial charge < -0.3 is 4.90 Å². The molecule has 14 heavy (non-hydrogen) atoms. The molecule has 4 fully saturated rings. The monoisotopic (exact) mass is 191 g/mol. The molecule has 0 aromatic heterocycles. The molecular weight excluding hydrogens is 170 g/mol. The first-order valence-electron chi connectivity index (χ1n) is 5.79. The fourth-order valence-corrected chi connectivity index (χ4v) is 5.08. The molecule has 0 amide bonds. The van der Waals surface area contributed by atoms with Crippen LogP contribution in [0.1, 0.15) is 40.0 Å². The zero-order chi connectivity index (χ0) is 10.2. The highest BCUT2D eigenvalue weighted by atomic mass is 15.2. The molecule has 2 atom stereocenters. The fraction of sp³-hybridized carbons (Fsp3) is 0.846. The van der Waals surface area contributed by atoms with E-state index in [0.29, 0.717) is 16.2 Å². The van der Waals surface area contributed by atoms with E-state index in [1.807, 2.05) is 0 Å². The lowest BCUT2D eigenvalue weighted by atomic mass is 9.48. The van der Waals surface area contributed by atoms with Crippen LogP contribution in [0.15, 0.2) is 12.3 Å². The van der Waals surface area contributed by atoms with Crippen LogP contribution in [0.3, 0.4) is 0 Å². The van der Waals surface area contributed by atoms with Crippen LogP contribution in [-0.4, -0.2) is 18.0 Å². The highest BCUT2D eigenvalue weighted by Gasteiger charge is 2.59. The second-order valence-corrected chi connectivity index (χ2v) is 7.02. The number of piperidine rings is 3. The average Bonchev–Trinajstić information content (AvgIpc) is 1.94. The third-order valence-electron chi connectivity index (χ3n) is 4.71. The molecule has 0 aromatic rings. The summed E-state index contributed by atoms with van der Waals surface area (Å²) in [6.07, 6.45) is 4.16. The van der Waals surface area contributed by atoms with Crippen LogP contribution in [-0.2, 0) is 0 Å². The Kier molecular flexibility index (Phi) is 1.29. The van der Waals surface area contributed by atoms with Crippen LogP contribution in [0.5, 0.6) is 0 Å². The summed E-state index contributed by atoms with van der Waals surface area (Å²) >= 11 is 0. The van der Waals surface area contributed by atoms with Crippen molar-refractivity contribution in [2.24, 2.45) is 16.2 Å². The Morgan fingerprint density at radius 3 is 1.93 bits per heavy atom. The fourth-order valence-electron chi connectivity index (χ4n) is 5.08. The molecule has 0 radical (unpaired) electrons. The van der Waals surface area contributed by atoms with Gasteiger partial charge in [0.2, 0.25) is 0 Å². The summed E-state index contributed by atoms with van der Waals surface area (Å²) in [5.74, 6) is 0.